The molecule has 5 nitrogen and oxygen atoms in total. The maximum atomic E-state index is 11.4. The molecule has 6 heteroatoms. The van der Waals surface area contributed by atoms with E-state index in [1.807, 2.05) is 0 Å². The molecule has 0 saturated carbocycles. The number of nitrogens with one attached hydrogen (secondary N) is 1. The highest BCUT2D eigenvalue weighted by molar-refractivity contribution is 7.87. The fourth-order valence-corrected chi connectivity index (χ4v) is 2.15. The third kappa shape index (κ3) is 5.25. The first-order chi connectivity index (χ1) is 7.18. The molecule has 0 atom stereocenters. The highest BCUT2D eigenvalue weighted by Gasteiger charge is 2.16. The molecular weight excluding hydrogens is 226 g/mol. The van der Waals surface area contributed by atoms with Crippen molar-refractivity contribution in [3.63, 3.8) is 0 Å². The summed E-state index contributed by atoms with van der Waals surface area (Å²) < 4.78 is 26.6. The Morgan fingerprint density at radius 2 is 1.50 bits per heavy atom. The monoisotopic (exact) mass is 251 g/mol. The molecule has 0 aromatic heterocycles. The normalized spacial score (nSPS) is 13.4. The van der Waals surface area contributed by atoms with E-state index in [4.69, 9.17) is 0 Å². The van der Waals surface area contributed by atoms with E-state index in [1.165, 1.54) is 18.4 Å². The molecule has 0 fully saturated rings. The zero-order chi connectivity index (χ0) is 12.9. The van der Waals surface area contributed by atoms with Crippen LogP contribution in [0.5, 0.6) is 0 Å². The summed E-state index contributed by atoms with van der Waals surface area (Å²) in [5.74, 6) is 0. The van der Waals surface area contributed by atoms with Gasteiger partial charge in [0.15, 0.2) is 0 Å². The van der Waals surface area contributed by atoms with E-state index in [1.54, 1.807) is 0 Å². The standard InChI is InChI=1S/C10H25N3O2S/c1-9(2)13(10(3)4)8-7-11-16(14,15)12(5)6/h9-11H,7-8H2,1-6H3. The number of hydrogen-bond acceptors (Lipinski definition) is 3. The molecule has 98 valence electrons. The van der Waals surface area contributed by atoms with Crippen LogP contribution in [-0.4, -0.2) is 56.9 Å². The van der Waals surface area contributed by atoms with Crippen LogP contribution in [0.3, 0.4) is 0 Å². The maximum absolute atomic E-state index is 11.4. The summed E-state index contributed by atoms with van der Waals surface area (Å²) in [6.07, 6.45) is 0. The van der Waals surface area contributed by atoms with E-state index < -0.39 is 10.2 Å². The molecule has 0 rings (SSSR count). The second-order valence-corrected chi connectivity index (χ2v) is 6.58. The molecular formula is C10H25N3O2S. The van der Waals surface area contributed by atoms with Crippen LogP contribution in [0.2, 0.25) is 0 Å². The van der Waals surface area contributed by atoms with Crippen molar-refractivity contribution in [3.05, 3.63) is 0 Å². The van der Waals surface area contributed by atoms with E-state index in [9.17, 15) is 8.42 Å². The van der Waals surface area contributed by atoms with Gasteiger partial charge in [-0.05, 0) is 27.7 Å². The van der Waals surface area contributed by atoms with Gasteiger partial charge in [0.1, 0.15) is 0 Å². The first kappa shape index (κ1) is 15.8. The first-order valence-corrected chi connectivity index (χ1v) is 7.05. The highest BCUT2D eigenvalue weighted by Crippen LogP contribution is 2.03. The summed E-state index contributed by atoms with van der Waals surface area (Å²) in [7, 11) is -0.251. The van der Waals surface area contributed by atoms with Crippen LogP contribution in [0, 0.1) is 0 Å². The molecule has 0 aliphatic heterocycles. The van der Waals surface area contributed by atoms with Gasteiger partial charge in [-0.3, -0.25) is 4.90 Å². The van der Waals surface area contributed by atoms with Crippen LogP contribution in [0.25, 0.3) is 0 Å². The van der Waals surface area contributed by atoms with Crippen molar-refractivity contribution in [1.82, 2.24) is 13.9 Å². The Kier molecular flexibility index (Phi) is 6.47. The van der Waals surface area contributed by atoms with Gasteiger partial charge in [0.25, 0.3) is 10.2 Å². The molecule has 0 unspecified atom stereocenters. The smallest absolute Gasteiger partial charge is 0.278 e. The summed E-state index contributed by atoms with van der Waals surface area (Å²) >= 11 is 0. The zero-order valence-corrected chi connectivity index (χ0v) is 12.0. The average molecular weight is 251 g/mol. The fraction of sp³-hybridized carbons (Fsp3) is 1.00. The molecule has 0 aromatic carbocycles. The van der Waals surface area contributed by atoms with Crippen LogP contribution in [0.1, 0.15) is 27.7 Å². The van der Waals surface area contributed by atoms with Gasteiger partial charge in [0.05, 0.1) is 0 Å². The van der Waals surface area contributed by atoms with Crippen molar-refractivity contribution in [2.45, 2.75) is 39.8 Å². The molecule has 0 spiro atoms. The minimum Gasteiger partial charge on any atom is -0.297 e. The Bertz CT molecular complexity index is 278. The molecule has 0 amide bonds. The Balaban J connectivity index is 4.16. The molecule has 0 heterocycles. The molecule has 0 bridgehead atoms. The van der Waals surface area contributed by atoms with Crippen LogP contribution < -0.4 is 4.72 Å². The minimum atomic E-state index is -3.29. The van der Waals surface area contributed by atoms with Crippen molar-refractivity contribution in [1.29, 1.82) is 0 Å². The summed E-state index contributed by atoms with van der Waals surface area (Å²) in [6, 6.07) is 0.840. The Morgan fingerprint density at radius 3 is 1.81 bits per heavy atom. The third-order valence-corrected chi connectivity index (χ3v) is 3.99. The summed E-state index contributed by atoms with van der Waals surface area (Å²) in [5.41, 5.74) is 0. The maximum Gasteiger partial charge on any atom is 0.278 e. The van der Waals surface area contributed by atoms with Gasteiger partial charge in [-0.25, -0.2) is 4.72 Å². The first-order valence-electron chi connectivity index (χ1n) is 5.61. The lowest BCUT2D eigenvalue weighted by molar-refractivity contribution is 0.178. The van der Waals surface area contributed by atoms with E-state index in [2.05, 4.69) is 37.3 Å². The molecule has 0 aliphatic rings. The van der Waals surface area contributed by atoms with Crippen molar-refractivity contribution < 1.29 is 8.42 Å². The second-order valence-electron chi connectivity index (χ2n) is 4.61. The lowest BCUT2D eigenvalue weighted by Crippen LogP contribution is -2.44. The number of hydrogen-bond donors (Lipinski definition) is 1. The fourth-order valence-electron chi connectivity index (χ4n) is 1.55. The predicted molar refractivity (Wildman–Crippen MR) is 67.6 cm³/mol. The Labute approximate surface area is 100.0 Å². The lowest BCUT2D eigenvalue weighted by Gasteiger charge is -2.30. The topological polar surface area (TPSA) is 52.7 Å². The summed E-state index contributed by atoms with van der Waals surface area (Å²) in [4.78, 5) is 2.25. The minimum absolute atomic E-state index is 0.420. The molecule has 0 aromatic rings. The van der Waals surface area contributed by atoms with Gasteiger partial charge in [0, 0.05) is 39.3 Å². The van der Waals surface area contributed by atoms with Gasteiger partial charge in [0.2, 0.25) is 0 Å². The van der Waals surface area contributed by atoms with Gasteiger partial charge >= 0.3 is 0 Å². The van der Waals surface area contributed by atoms with Crippen molar-refractivity contribution in [2.24, 2.45) is 0 Å². The zero-order valence-electron chi connectivity index (χ0n) is 11.2. The van der Waals surface area contributed by atoms with Gasteiger partial charge in [-0.15, -0.1) is 0 Å². The quantitative estimate of drug-likeness (QED) is 0.717. The van der Waals surface area contributed by atoms with Crippen LogP contribution in [0.4, 0.5) is 0 Å². The summed E-state index contributed by atoms with van der Waals surface area (Å²) in [6.45, 7) is 9.61. The van der Waals surface area contributed by atoms with Crippen LogP contribution in [-0.2, 0) is 10.2 Å². The third-order valence-electron chi connectivity index (χ3n) is 2.46. The Hall–Kier alpha value is -0.170. The molecule has 0 saturated heterocycles. The van der Waals surface area contributed by atoms with E-state index >= 15 is 0 Å². The molecule has 0 aliphatic carbocycles. The van der Waals surface area contributed by atoms with E-state index in [0.29, 0.717) is 18.6 Å². The van der Waals surface area contributed by atoms with Crippen LogP contribution >= 0.6 is 0 Å². The second kappa shape index (κ2) is 6.54. The molecule has 1 N–H and O–H groups in total. The Morgan fingerprint density at radius 1 is 1.06 bits per heavy atom. The number of rotatable bonds is 7. The van der Waals surface area contributed by atoms with Gasteiger partial charge < -0.3 is 0 Å². The summed E-state index contributed by atoms with van der Waals surface area (Å²) in [5, 5.41) is 0. The number of nitrogens with zero attached hydrogens (tertiary/aromatic N) is 2. The van der Waals surface area contributed by atoms with Crippen molar-refractivity contribution in [2.75, 3.05) is 27.2 Å². The van der Waals surface area contributed by atoms with Crippen LogP contribution in [0.15, 0.2) is 0 Å². The van der Waals surface area contributed by atoms with E-state index in [-0.39, 0.29) is 0 Å². The van der Waals surface area contributed by atoms with Gasteiger partial charge in [-0.2, -0.15) is 12.7 Å². The van der Waals surface area contributed by atoms with Crippen molar-refractivity contribution >= 4 is 10.2 Å². The largest absolute Gasteiger partial charge is 0.297 e. The average Bonchev–Trinajstić information content (AvgIpc) is 2.10. The highest BCUT2D eigenvalue weighted by atomic mass is 32.2. The van der Waals surface area contributed by atoms with E-state index in [0.717, 1.165) is 6.54 Å². The predicted octanol–water partition coefficient (Wildman–Crippen LogP) is 0.501. The van der Waals surface area contributed by atoms with Crippen molar-refractivity contribution in [3.8, 4) is 0 Å². The SMILES string of the molecule is CC(C)N(CCNS(=O)(=O)N(C)C)C(C)C. The lowest BCUT2D eigenvalue weighted by atomic mass is 10.2. The molecule has 16 heavy (non-hydrogen) atoms. The molecule has 0 radical (unpaired) electrons. The van der Waals surface area contributed by atoms with Gasteiger partial charge in [-0.1, -0.05) is 0 Å².